The highest BCUT2D eigenvalue weighted by atomic mass is 16.6. The molecule has 4 aromatic carbocycles. The fourth-order valence-corrected chi connectivity index (χ4v) is 7.56. The summed E-state index contributed by atoms with van der Waals surface area (Å²) in [6.07, 6.45) is 10.2. The number of ether oxygens (including phenoxy) is 8. The van der Waals surface area contributed by atoms with Crippen LogP contribution in [0.4, 0.5) is 0 Å². The molecular weight excluding hydrogens is 728 g/mol. The van der Waals surface area contributed by atoms with Gasteiger partial charge in [0.1, 0.15) is 35.2 Å². The highest BCUT2D eigenvalue weighted by Crippen LogP contribution is 2.40. The molecule has 0 N–H and O–H groups in total. The average molecular weight is 777 g/mol. The van der Waals surface area contributed by atoms with Crippen LogP contribution in [0.1, 0.15) is 88.0 Å². The molecule has 0 radical (unpaired) electrons. The van der Waals surface area contributed by atoms with Gasteiger partial charge in [-0.1, -0.05) is 30.3 Å². The maximum atomic E-state index is 13.4. The third-order valence-corrected chi connectivity index (χ3v) is 11.0. The second kappa shape index (κ2) is 18.4. The summed E-state index contributed by atoms with van der Waals surface area (Å²) in [6, 6.07) is 26.7. The van der Waals surface area contributed by atoms with E-state index in [4.69, 9.17) is 37.9 Å². The fraction of sp³-hybridized carbons (Fsp3) is 0.413. The molecule has 11 nitrogen and oxygen atoms in total. The Labute approximate surface area is 332 Å². The monoisotopic (exact) mass is 776 g/mol. The topological polar surface area (TPSA) is 132 Å². The first-order valence-electron chi connectivity index (χ1n) is 20.1. The number of unbranched alkanes of at least 4 members (excludes halogenated alkanes) is 1. The summed E-state index contributed by atoms with van der Waals surface area (Å²) in [5.41, 5.74) is 1.27. The van der Waals surface area contributed by atoms with Gasteiger partial charge in [0.25, 0.3) is 0 Å². The number of rotatable bonds is 18. The van der Waals surface area contributed by atoms with E-state index in [-0.39, 0.29) is 29.2 Å². The van der Waals surface area contributed by atoms with Crippen molar-refractivity contribution in [1.29, 1.82) is 0 Å². The first kappa shape index (κ1) is 38.6. The Hall–Kier alpha value is -5.23. The van der Waals surface area contributed by atoms with E-state index in [0.717, 1.165) is 57.1 Å². The van der Waals surface area contributed by atoms with E-state index in [1.165, 1.54) is 24.6 Å². The Bertz CT molecular complexity index is 1980. The minimum Gasteiger partial charge on any atom is -0.494 e. The van der Waals surface area contributed by atoms with Crippen LogP contribution in [-0.2, 0) is 25.6 Å². The predicted octanol–water partition coefficient (Wildman–Crippen LogP) is 8.17. The summed E-state index contributed by atoms with van der Waals surface area (Å²) in [6.45, 7) is 2.61. The van der Waals surface area contributed by atoms with Crippen LogP contribution in [0.15, 0.2) is 97.1 Å². The van der Waals surface area contributed by atoms with Crippen molar-refractivity contribution in [1.82, 2.24) is 0 Å². The smallest absolute Gasteiger partial charge is 0.343 e. The first-order valence-corrected chi connectivity index (χ1v) is 20.1. The van der Waals surface area contributed by atoms with Gasteiger partial charge in [0.2, 0.25) is 0 Å². The molecule has 6 atom stereocenters. The minimum absolute atomic E-state index is 0.00731. The Morgan fingerprint density at radius 1 is 0.561 bits per heavy atom. The second-order valence-electron chi connectivity index (χ2n) is 15.3. The largest absolute Gasteiger partial charge is 0.494 e. The lowest BCUT2D eigenvalue weighted by atomic mass is 9.90. The standard InChI is InChI=1S/C46H48O11/c47-44(33-12-16-36(17-13-33)52-29-32-9-20-41-43(25-32)56-41)54-37-18-21-39(38(26-37)46(49)53-28-30-6-2-1-3-7-30)57-45(48)34-10-14-35(15-11-34)51-23-5-4-22-50-27-31-8-19-40-42(24-31)55-40/h1-3,6-7,10-18,21,26,31-32,40-43H,4-5,8-9,19-20,22-25,27-29H2. The number of esters is 3. The van der Waals surface area contributed by atoms with Crippen LogP contribution in [0.5, 0.6) is 23.0 Å². The van der Waals surface area contributed by atoms with Gasteiger partial charge in [0, 0.05) is 13.2 Å². The van der Waals surface area contributed by atoms with Crippen LogP contribution < -0.4 is 18.9 Å². The predicted molar refractivity (Wildman–Crippen MR) is 208 cm³/mol. The molecule has 4 fully saturated rings. The van der Waals surface area contributed by atoms with Crippen molar-refractivity contribution in [2.24, 2.45) is 11.8 Å². The number of benzene rings is 4. The van der Waals surface area contributed by atoms with Crippen LogP contribution >= 0.6 is 0 Å². The summed E-state index contributed by atoms with van der Waals surface area (Å²) >= 11 is 0. The van der Waals surface area contributed by atoms with E-state index in [2.05, 4.69) is 0 Å². The third kappa shape index (κ3) is 10.8. The molecule has 2 heterocycles. The van der Waals surface area contributed by atoms with Gasteiger partial charge in [-0.05, 0) is 135 Å². The van der Waals surface area contributed by atoms with Gasteiger partial charge in [-0.2, -0.15) is 0 Å². The summed E-state index contributed by atoms with van der Waals surface area (Å²) in [5, 5.41) is 0. The van der Waals surface area contributed by atoms with Gasteiger partial charge in [-0.25, -0.2) is 14.4 Å². The second-order valence-corrected chi connectivity index (χ2v) is 15.3. The van der Waals surface area contributed by atoms with E-state index in [1.54, 1.807) is 48.5 Å². The van der Waals surface area contributed by atoms with Crippen molar-refractivity contribution in [2.45, 2.75) is 82.4 Å². The van der Waals surface area contributed by atoms with Gasteiger partial charge in [0.15, 0.2) is 0 Å². The van der Waals surface area contributed by atoms with E-state index in [0.29, 0.717) is 73.1 Å². The van der Waals surface area contributed by atoms with Crippen molar-refractivity contribution < 1.29 is 52.3 Å². The van der Waals surface area contributed by atoms with Gasteiger partial charge < -0.3 is 37.9 Å². The van der Waals surface area contributed by atoms with Crippen LogP contribution in [0.25, 0.3) is 0 Å². The van der Waals surface area contributed by atoms with E-state index in [9.17, 15) is 14.4 Å². The number of carbonyl (C=O) groups is 3. The number of carbonyl (C=O) groups excluding carboxylic acids is 3. The van der Waals surface area contributed by atoms with E-state index in [1.807, 2.05) is 30.3 Å². The average Bonchev–Trinajstić information content (AvgIpc) is 4.18. The molecule has 298 valence electrons. The summed E-state index contributed by atoms with van der Waals surface area (Å²) < 4.78 is 45.9. The highest BCUT2D eigenvalue weighted by Gasteiger charge is 2.44. The quantitative estimate of drug-likeness (QED) is 0.0420. The highest BCUT2D eigenvalue weighted by molar-refractivity contribution is 5.97. The Balaban J connectivity index is 0.836. The zero-order valence-electron chi connectivity index (χ0n) is 31.9. The molecule has 2 aliphatic heterocycles. The van der Waals surface area contributed by atoms with Gasteiger partial charge in [0.05, 0.1) is 48.8 Å². The number of hydrogen-bond acceptors (Lipinski definition) is 11. The van der Waals surface area contributed by atoms with Crippen molar-refractivity contribution in [3.05, 3.63) is 119 Å². The molecule has 11 heteroatoms. The third-order valence-electron chi connectivity index (χ3n) is 11.0. The van der Waals surface area contributed by atoms with Gasteiger partial charge in [-0.15, -0.1) is 0 Å². The van der Waals surface area contributed by atoms with Crippen molar-refractivity contribution in [3.63, 3.8) is 0 Å². The van der Waals surface area contributed by atoms with Crippen LogP contribution in [-0.4, -0.2) is 68.8 Å². The zero-order chi connectivity index (χ0) is 39.0. The normalized spacial score (nSPS) is 22.9. The molecule has 57 heavy (non-hydrogen) atoms. The molecule has 2 saturated carbocycles. The summed E-state index contributed by atoms with van der Waals surface area (Å²) in [4.78, 5) is 39.8. The van der Waals surface area contributed by atoms with Crippen LogP contribution in [0, 0.1) is 11.8 Å². The Morgan fingerprint density at radius 2 is 1.16 bits per heavy atom. The maximum Gasteiger partial charge on any atom is 0.343 e. The number of epoxide rings is 2. The van der Waals surface area contributed by atoms with Gasteiger partial charge in [-0.3, -0.25) is 0 Å². The molecule has 0 bridgehead atoms. The molecule has 0 aromatic heterocycles. The zero-order valence-corrected chi connectivity index (χ0v) is 31.9. The number of fused-ring (bicyclic) bond motifs is 2. The van der Waals surface area contributed by atoms with Gasteiger partial charge >= 0.3 is 17.9 Å². The van der Waals surface area contributed by atoms with Crippen LogP contribution in [0.2, 0.25) is 0 Å². The van der Waals surface area contributed by atoms with E-state index >= 15 is 0 Å². The first-order chi connectivity index (χ1) is 27.9. The Kier molecular flexibility index (Phi) is 12.4. The Morgan fingerprint density at radius 3 is 1.82 bits per heavy atom. The molecule has 0 amide bonds. The van der Waals surface area contributed by atoms with Crippen molar-refractivity contribution in [3.8, 4) is 23.0 Å². The van der Waals surface area contributed by atoms with Crippen molar-refractivity contribution >= 4 is 17.9 Å². The minimum atomic E-state index is -0.753. The lowest BCUT2D eigenvalue weighted by Crippen LogP contribution is -2.19. The van der Waals surface area contributed by atoms with Crippen LogP contribution in [0.3, 0.4) is 0 Å². The molecule has 6 unspecified atom stereocenters. The molecular formula is C46H48O11. The molecule has 4 aromatic rings. The lowest BCUT2D eigenvalue weighted by molar-refractivity contribution is 0.0465. The van der Waals surface area contributed by atoms with Crippen molar-refractivity contribution in [2.75, 3.05) is 26.4 Å². The summed E-state index contributed by atoms with van der Waals surface area (Å²) in [5.74, 6) is 0.317. The maximum absolute atomic E-state index is 13.4. The molecule has 2 saturated heterocycles. The lowest BCUT2D eigenvalue weighted by Gasteiger charge is -2.19. The SMILES string of the molecule is O=C(Oc1ccc(OC(=O)c2ccc(OCCCCOCC3CCC4OC4C3)cc2)c(C(=O)OCc2ccccc2)c1)c1ccc(OCC2CCC3OC3C2)cc1. The number of hydrogen-bond donors (Lipinski definition) is 0. The fourth-order valence-electron chi connectivity index (χ4n) is 7.56. The molecule has 8 rings (SSSR count). The van der Waals surface area contributed by atoms with E-state index < -0.39 is 17.9 Å². The molecule has 4 aliphatic rings. The molecule has 2 aliphatic carbocycles. The molecule has 0 spiro atoms. The summed E-state index contributed by atoms with van der Waals surface area (Å²) in [7, 11) is 0.